The summed E-state index contributed by atoms with van der Waals surface area (Å²) in [6.45, 7) is 6.25. The molecule has 1 N–H and O–H groups in total. The Morgan fingerprint density at radius 2 is 1.86 bits per heavy atom. The highest BCUT2D eigenvalue weighted by atomic mass is 19.2. The second-order valence-corrected chi connectivity index (χ2v) is 8.21. The minimum Gasteiger partial charge on any atom is -0.444 e. The summed E-state index contributed by atoms with van der Waals surface area (Å²) in [7, 11) is 0. The molecular weight excluding hydrogens is 378 g/mol. The van der Waals surface area contributed by atoms with Gasteiger partial charge in [-0.25, -0.2) is 23.5 Å². The van der Waals surface area contributed by atoms with Crippen molar-refractivity contribution in [3.05, 3.63) is 53.9 Å². The van der Waals surface area contributed by atoms with Crippen LogP contribution in [0, 0.1) is 11.6 Å². The van der Waals surface area contributed by atoms with E-state index in [4.69, 9.17) is 4.74 Å². The van der Waals surface area contributed by atoms with Crippen molar-refractivity contribution >= 4 is 12.0 Å². The van der Waals surface area contributed by atoms with Crippen LogP contribution in [0.3, 0.4) is 0 Å². The number of nitrogens with zero attached hydrogens (tertiary/aromatic N) is 3. The standard InChI is InChI=1S/C21H26F2N4O2/c1-21(2,3)29-20(28)26-15-9-8-14(16-6-4-7-17(22)18(16)23)12-27(13-15)19-24-10-5-11-25-19/h4-7,10-11,14-15H,8-9,12-13H2,1-3H3,(H,26,28)/t14-,15-/m1/s1. The lowest BCUT2D eigenvalue weighted by molar-refractivity contribution is 0.0504. The van der Waals surface area contributed by atoms with Gasteiger partial charge in [0.2, 0.25) is 5.95 Å². The van der Waals surface area contributed by atoms with Gasteiger partial charge in [0.05, 0.1) is 0 Å². The molecule has 1 aliphatic heterocycles. The third-order valence-electron chi connectivity index (χ3n) is 4.72. The van der Waals surface area contributed by atoms with Gasteiger partial charge in [-0.2, -0.15) is 0 Å². The zero-order valence-corrected chi connectivity index (χ0v) is 16.9. The number of amides is 1. The first-order valence-corrected chi connectivity index (χ1v) is 9.68. The molecule has 3 rings (SSSR count). The first-order chi connectivity index (χ1) is 13.7. The molecule has 2 atom stereocenters. The number of alkyl carbamates (subject to hydrolysis) is 1. The van der Waals surface area contributed by atoms with Crippen molar-refractivity contribution in [1.82, 2.24) is 15.3 Å². The van der Waals surface area contributed by atoms with Gasteiger partial charge in [0.1, 0.15) is 5.60 Å². The second kappa shape index (κ2) is 8.71. The monoisotopic (exact) mass is 404 g/mol. The van der Waals surface area contributed by atoms with E-state index in [0.717, 1.165) is 6.07 Å². The Kier molecular flexibility index (Phi) is 6.30. The normalized spacial score (nSPS) is 20.1. The van der Waals surface area contributed by atoms with Crippen LogP contribution >= 0.6 is 0 Å². The van der Waals surface area contributed by atoms with Gasteiger partial charge >= 0.3 is 6.09 Å². The third kappa shape index (κ3) is 5.62. The Balaban J connectivity index is 1.83. The highest BCUT2D eigenvalue weighted by molar-refractivity contribution is 5.68. The van der Waals surface area contributed by atoms with Gasteiger partial charge in [0, 0.05) is 37.4 Å². The molecule has 2 aromatic rings. The van der Waals surface area contributed by atoms with E-state index in [2.05, 4.69) is 15.3 Å². The van der Waals surface area contributed by atoms with E-state index < -0.39 is 23.3 Å². The molecule has 1 amide bonds. The number of nitrogens with one attached hydrogen (secondary N) is 1. The van der Waals surface area contributed by atoms with Crippen LogP contribution in [0.2, 0.25) is 0 Å². The number of carbonyl (C=O) groups is 1. The van der Waals surface area contributed by atoms with Gasteiger partial charge in [0.15, 0.2) is 11.6 Å². The number of halogens is 2. The second-order valence-electron chi connectivity index (χ2n) is 8.21. The molecule has 156 valence electrons. The lowest BCUT2D eigenvalue weighted by Crippen LogP contribution is -2.45. The van der Waals surface area contributed by atoms with E-state index in [9.17, 15) is 13.6 Å². The maximum Gasteiger partial charge on any atom is 0.407 e. The van der Waals surface area contributed by atoms with E-state index in [-0.39, 0.29) is 12.0 Å². The van der Waals surface area contributed by atoms with Gasteiger partial charge in [-0.15, -0.1) is 0 Å². The molecule has 0 unspecified atom stereocenters. The molecule has 0 spiro atoms. The number of benzene rings is 1. The molecule has 1 aliphatic rings. The Labute approximate surface area is 169 Å². The highest BCUT2D eigenvalue weighted by Gasteiger charge is 2.30. The van der Waals surface area contributed by atoms with Crippen LogP contribution in [-0.2, 0) is 4.74 Å². The summed E-state index contributed by atoms with van der Waals surface area (Å²) >= 11 is 0. The zero-order chi connectivity index (χ0) is 21.0. The average molecular weight is 404 g/mol. The van der Waals surface area contributed by atoms with Gasteiger partial charge in [-0.05, 0) is 51.3 Å². The summed E-state index contributed by atoms with van der Waals surface area (Å²) in [5.74, 6) is -1.48. The van der Waals surface area contributed by atoms with Crippen LogP contribution in [0.25, 0.3) is 0 Å². The fourth-order valence-electron chi connectivity index (χ4n) is 3.49. The predicted molar refractivity (Wildman–Crippen MR) is 106 cm³/mol. The number of hydrogen-bond donors (Lipinski definition) is 1. The maximum atomic E-state index is 14.4. The Morgan fingerprint density at radius 1 is 1.14 bits per heavy atom. The molecule has 1 aromatic heterocycles. The molecule has 0 bridgehead atoms. The maximum absolute atomic E-state index is 14.4. The molecule has 1 fully saturated rings. The van der Waals surface area contributed by atoms with Gasteiger partial charge in [-0.1, -0.05) is 12.1 Å². The van der Waals surface area contributed by atoms with Crippen LogP contribution in [0.4, 0.5) is 19.5 Å². The number of ether oxygens (including phenoxy) is 1. The fourth-order valence-corrected chi connectivity index (χ4v) is 3.49. The molecule has 0 aliphatic carbocycles. The summed E-state index contributed by atoms with van der Waals surface area (Å²) in [5, 5.41) is 2.89. The van der Waals surface area contributed by atoms with Crippen LogP contribution < -0.4 is 10.2 Å². The van der Waals surface area contributed by atoms with Gasteiger partial charge < -0.3 is 15.0 Å². The molecular formula is C21H26F2N4O2. The first-order valence-electron chi connectivity index (χ1n) is 9.68. The van der Waals surface area contributed by atoms with Crippen molar-refractivity contribution in [2.24, 2.45) is 0 Å². The molecule has 6 nitrogen and oxygen atoms in total. The van der Waals surface area contributed by atoms with Crippen molar-refractivity contribution in [3.63, 3.8) is 0 Å². The van der Waals surface area contributed by atoms with E-state index in [1.165, 1.54) is 6.07 Å². The quantitative estimate of drug-likeness (QED) is 0.837. The molecule has 1 aromatic carbocycles. The summed E-state index contributed by atoms with van der Waals surface area (Å²) in [5.41, 5.74) is -0.284. The summed E-state index contributed by atoms with van der Waals surface area (Å²) in [6, 6.07) is 5.70. The van der Waals surface area contributed by atoms with Crippen LogP contribution in [0.1, 0.15) is 45.1 Å². The van der Waals surface area contributed by atoms with Crippen molar-refractivity contribution < 1.29 is 18.3 Å². The lowest BCUT2D eigenvalue weighted by atomic mass is 9.93. The minimum absolute atomic E-state index is 0.240. The number of anilines is 1. The zero-order valence-electron chi connectivity index (χ0n) is 16.9. The highest BCUT2D eigenvalue weighted by Crippen LogP contribution is 2.30. The average Bonchev–Trinajstić information content (AvgIpc) is 2.86. The number of aromatic nitrogens is 2. The first kappa shape index (κ1) is 21.0. The molecule has 2 heterocycles. The van der Waals surface area contributed by atoms with Crippen molar-refractivity contribution in [1.29, 1.82) is 0 Å². The molecule has 0 radical (unpaired) electrons. The van der Waals surface area contributed by atoms with E-state index in [0.29, 0.717) is 37.4 Å². The Hall–Kier alpha value is -2.77. The third-order valence-corrected chi connectivity index (χ3v) is 4.72. The summed E-state index contributed by atoms with van der Waals surface area (Å²) in [6.07, 6.45) is 3.91. The fraction of sp³-hybridized carbons (Fsp3) is 0.476. The Bertz CT molecular complexity index is 842. The van der Waals surface area contributed by atoms with E-state index >= 15 is 0 Å². The SMILES string of the molecule is CC(C)(C)OC(=O)N[C@@H]1CC[C@@H](c2cccc(F)c2F)CN(c2ncccn2)C1. The Morgan fingerprint density at radius 3 is 2.55 bits per heavy atom. The molecule has 0 saturated carbocycles. The molecule has 29 heavy (non-hydrogen) atoms. The van der Waals surface area contributed by atoms with E-state index in [1.807, 2.05) is 4.90 Å². The van der Waals surface area contributed by atoms with Crippen LogP contribution in [-0.4, -0.2) is 40.8 Å². The largest absolute Gasteiger partial charge is 0.444 e. The topological polar surface area (TPSA) is 67.3 Å². The van der Waals surface area contributed by atoms with Gasteiger partial charge in [-0.3, -0.25) is 0 Å². The number of carbonyl (C=O) groups excluding carboxylic acids is 1. The van der Waals surface area contributed by atoms with Crippen molar-refractivity contribution in [2.45, 2.75) is 51.2 Å². The summed E-state index contributed by atoms with van der Waals surface area (Å²) in [4.78, 5) is 22.7. The molecule has 8 heteroatoms. The number of rotatable bonds is 3. The van der Waals surface area contributed by atoms with Crippen LogP contribution in [0.5, 0.6) is 0 Å². The van der Waals surface area contributed by atoms with Crippen molar-refractivity contribution in [2.75, 3.05) is 18.0 Å². The van der Waals surface area contributed by atoms with Gasteiger partial charge in [0.25, 0.3) is 0 Å². The van der Waals surface area contributed by atoms with Crippen LogP contribution in [0.15, 0.2) is 36.7 Å². The molecule has 1 saturated heterocycles. The van der Waals surface area contributed by atoms with E-state index in [1.54, 1.807) is 45.3 Å². The predicted octanol–water partition coefficient (Wildman–Crippen LogP) is 4.03. The van der Waals surface area contributed by atoms with Crippen molar-refractivity contribution in [3.8, 4) is 0 Å². The smallest absolute Gasteiger partial charge is 0.407 e. The summed E-state index contributed by atoms with van der Waals surface area (Å²) < 4.78 is 33.6. The number of hydrogen-bond acceptors (Lipinski definition) is 5. The minimum atomic E-state index is -0.863. The lowest BCUT2D eigenvalue weighted by Gasteiger charge is -2.27.